The molecule has 30 heavy (non-hydrogen) atoms. The Labute approximate surface area is 194 Å². The molecule has 1 atom stereocenters. The first kappa shape index (κ1) is 24.6. The number of nitro groups is 1. The summed E-state index contributed by atoms with van der Waals surface area (Å²) in [6.07, 6.45) is 4.14. The minimum absolute atomic E-state index is 0. The molecule has 168 valence electrons. The smallest absolute Gasteiger partial charge is 0.269 e. The number of non-ortho nitro benzene ring substituents is 1. The van der Waals surface area contributed by atoms with E-state index in [9.17, 15) is 15.2 Å². The summed E-state index contributed by atoms with van der Waals surface area (Å²) in [5, 5.41) is 27.6. The largest absolute Gasteiger partial charge is 0.491 e. The van der Waals surface area contributed by atoms with Crippen LogP contribution in [0, 0.1) is 10.1 Å². The molecule has 1 aromatic rings. The van der Waals surface area contributed by atoms with Crippen molar-refractivity contribution in [3.8, 4) is 5.75 Å². The zero-order chi connectivity index (χ0) is 20.6. The van der Waals surface area contributed by atoms with Gasteiger partial charge in [0, 0.05) is 43.9 Å². The van der Waals surface area contributed by atoms with Gasteiger partial charge in [0.05, 0.1) is 11.5 Å². The maximum atomic E-state index is 10.7. The van der Waals surface area contributed by atoms with Crippen molar-refractivity contribution in [2.45, 2.75) is 50.8 Å². The molecule has 1 saturated heterocycles. The quantitative estimate of drug-likeness (QED) is 0.147. The van der Waals surface area contributed by atoms with Crippen molar-refractivity contribution >= 4 is 35.6 Å². The Hall–Kier alpha value is -1.66. The molecule has 2 fully saturated rings. The van der Waals surface area contributed by atoms with Gasteiger partial charge in [-0.15, -0.1) is 24.0 Å². The van der Waals surface area contributed by atoms with E-state index in [1.807, 2.05) is 6.92 Å². The Balaban J connectivity index is 0.00000320. The minimum atomic E-state index is -0.766. The van der Waals surface area contributed by atoms with Crippen molar-refractivity contribution in [1.82, 2.24) is 15.5 Å². The van der Waals surface area contributed by atoms with E-state index in [4.69, 9.17) is 4.74 Å². The number of nitrogens with one attached hydrogen (secondary N) is 2. The van der Waals surface area contributed by atoms with Gasteiger partial charge in [0.1, 0.15) is 18.5 Å². The average molecular weight is 533 g/mol. The molecule has 0 spiro atoms. The fourth-order valence-corrected chi connectivity index (χ4v) is 3.47. The molecular weight excluding hydrogens is 501 g/mol. The van der Waals surface area contributed by atoms with Crippen LogP contribution in [-0.4, -0.2) is 71.9 Å². The van der Waals surface area contributed by atoms with Crippen molar-refractivity contribution in [2.75, 3.05) is 32.8 Å². The number of ether oxygens (including phenoxy) is 1. The van der Waals surface area contributed by atoms with Gasteiger partial charge >= 0.3 is 0 Å². The van der Waals surface area contributed by atoms with E-state index in [0.717, 1.165) is 38.5 Å². The number of nitro benzene ring substituents is 1. The van der Waals surface area contributed by atoms with E-state index < -0.39 is 11.0 Å². The Morgan fingerprint density at radius 2 is 1.97 bits per heavy atom. The molecular formula is C20H32IN5O4. The topological polar surface area (TPSA) is 112 Å². The number of benzene rings is 1. The van der Waals surface area contributed by atoms with Gasteiger partial charge in [0.15, 0.2) is 5.96 Å². The molecule has 0 bridgehead atoms. The number of aliphatic imine (C=N–C) groups is 1. The highest BCUT2D eigenvalue weighted by Gasteiger charge is 2.31. The van der Waals surface area contributed by atoms with Gasteiger partial charge in [0.2, 0.25) is 0 Å². The van der Waals surface area contributed by atoms with Crippen LogP contribution < -0.4 is 15.4 Å². The van der Waals surface area contributed by atoms with Gasteiger partial charge in [-0.25, -0.2) is 0 Å². The number of nitrogens with zero attached hydrogens (tertiary/aromatic N) is 3. The van der Waals surface area contributed by atoms with E-state index in [2.05, 4.69) is 20.5 Å². The zero-order valence-corrected chi connectivity index (χ0v) is 19.7. The molecule has 0 aromatic heterocycles. The summed E-state index contributed by atoms with van der Waals surface area (Å²) in [5.74, 6) is 1.19. The van der Waals surface area contributed by atoms with Crippen LogP contribution in [0.5, 0.6) is 5.75 Å². The van der Waals surface area contributed by atoms with Crippen molar-refractivity contribution < 1.29 is 14.8 Å². The number of aliphatic hydroxyl groups is 1. The number of piperidine rings is 1. The lowest BCUT2D eigenvalue weighted by Crippen LogP contribution is -2.49. The Bertz CT molecular complexity index is 691. The van der Waals surface area contributed by atoms with Crippen molar-refractivity contribution in [1.29, 1.82) is 0 Å². The summed E-state index contributed by atoms with van der Waals surface area (Å²) < 4.78 is 5.50. The lowest BCUT2D eigenvalue weighted by Gasteiger charge is -2.33. The second kappa shape index (κ2) is 12.3. The van der Waals surface area contributed by atoms with Gasteiger partial charge in [0.25, 0.3) is 5.69 Å². The fraction of sp³-hybridized carbons (Fsp3) is 0.650. The highest BCUT2D eigenvalue weighted by Crippen LogP contribution is 2.29. The second-order valence-electron chi connectivity index (χ2n) is 7.62. The number of aliphatic hydroxyl groups excluding tert-OH is 1. The summed E-state index contributed by atoms with van der Waals surface area (Å²) in [7, 11) is 0. The lowest BCUT2D eigenvalue weighted by molar-refractivity contribution is -0.384. The molecule has 3 N–H and O–H groups in total. The summed E-state index contributed by atoms with van der Waals surface area (Å²) >= 11 is 0. The zero-order valence-electron chi connectivity index (χ0n) is 17.3. The molecule has 1 unspecified atom stereocenters. The Kier molecular flexibility index (Phi) is 10.1. The van der Waals surface area contributed by atoms with Crippen LogP contribution in [0.15, 0.2) is 29.3 Å². The summed E-state index contributed by atoms with van der Waals surface area (Å²) in [5.41, 5.74) is 0.00631. The van der Waals surface area contributed by atoms with E-state index in [-0.39, 0.29) is 42.8 Å². The summed E-state index contributed by atoms with van der Waals surface area (Å²) in [4.78, 5) is 17.3. The highest BCUT2D eigenvalue weighted by atomic mass is 127. The van der Waals surface area contributed by atoms with Crippen molar-refractivity contribution in [3.05, 3.63) is 34.4 Å². The van der Waals surface area contributed by atoms with Gasteiger partial charge in [-0.1, -0.05) is 0 Å². The molecule has 1 heterocycles. The number of guanidine groups is 1. The second-order valence-corrected chi connectivity index (χ2v) is 7.62. The molecule has 2 aliphatic rings. The van der Waals surface area contributed by atoms with Gasteiger partial charge in [-0.3, -0.25) is 15.1 Å². The molecule has 1 saturated carbocycles. The lowest BCUT2D eigenvalue weighted by atomic mass is 10.1. The van der Waals surface area contributed by atoms with E-state index >= 15 is 0 Å². The van der Waals surface area contributed by atoms with Crippen LogP contribution in [0.1, 0.15) is 32.6 Å². The van der Waals surface area contributed by atoms with Crippen LogP contribution >= 0.6 is 24.0 Å². The first-order valence-corrected chi connectivity index (χ1v) is 10.4. The van der Waals surface area contributed by atoms with Crippen LogP contribution in [0.4, 0.5) is 5.69 Å². The van der Waals surface area contributed by atoms with Crippen LogP contribution in [-0.2, 0) is 0 Å². The minimum Gasteiger partial charge on any atom is -0.491 e. The first-order valence-electron chi connectivity index (χ1n) is 10.4. The summed E-state index contributed by atoms with van der Waals surface area (Å²) in [6.45, 7) is 5.31. The predicted molar refractivity (Wildman–Crippen MR) is 127 cm³/mol. The van der Waals surface area contributed by atoms with E-state index in [1.165, 1.54) is 37.1 Å². The maximum absolute atomic E-state index is 10.7. The molecule has 10 heteroatoms. The standard InChI is InChI=1S/C20H31N5O4.HI/c1-2-21-20(23-15-9-11-24(12-10-15)16-3-4-16)22-13-18(26)14-29-19-7-5-17(6-8-19)25(27)28;/h5-8,15-16,18,26H,2-4,9-14H2,1H3,(H2,21,22,23);1H. The van der Waals surface area contributed by atoms with Crippen LogP contribution in [0.25, 0.3) is 0 Å². The maximum Gasteiger partial charge on any atom is 0.269 e. The molecule has 9 nitrogen and oxygen atoms in total. The fourth-order valence-electron chi connectivity index (χ4n) is 3.47. The SMILES string of the molecule is CCNC(=NCC(O)COc1ccc([N+](=O)[O-])cc1)NC1CCN(C2CC2)CC1.I. The third-order valence-corrected chi connectivity index (χ3v) is 5.23. The number of rotatable bonds is 9. The first-order chi connectivity index (χ1) is 14.0. The van der Waals surface area contributed by atoms with E-state index in [0.29, 0.717) is 17.8 Å². The van der Waals surface area contributed by atoms with Gasteiger partial charge < -0.3 is 25.4 Å². The van der Waals surface area contributed by atoms with Gasteiger partial charge in [-0.05, 0) is 44.7 Å². The molecule has 1 aliphatic carbocycles. The van der Waals surface area contributed by atoms with Crippen LogP contribution in [0.2, 0.25) is 0 Å². The summed E-state index contributed by atoms with van der Waals surface area (Å²) in [6, 6.07) is 7.02. The highest BCUT2D eigenvalue weighted by molar-refractivity contribution is 14.0. The van der Waals surface area contributed by atoms with Crippen molar-refractivity contribution in [3.63, 3.8) is 0 Å². The third-order valence-electron chi connectivity index (χ3n) is 5.23. The monoisotopic (exact) mass is 533 g/mol. The van der Waals surface area contributed by atoms with Crippen LogP contribution in [0.3, 0.4) is 0 Å². The van der Waals surface area contributed by atoms with E-state index in [1.54, 1.807) is 0 Å². The Morgan fingerprint density at radius 1 is 1.30 bits per heavy atom. The molecule has 0 amide bonds. The number of hydrogen-bond acceptors (Lipinski definition) is 6. The average Bonchev–Trinajstić information content (AvgIpc) is 3.57. The van der Waals surface area contributed by atoms with Gasteiger partial charge in [-0.2, -0.15) is 0 Å². The molecule has 1 aromatic carbocycles. The molecule has 1 aliphatic heterocycles. The molecule has 0 radical (unpaired) electrons. The Morgan fingerprint density at radius 3 is 2.53 bits per heavy atom. The molecule has 3 rings (SSSR count). The normalized spacial score (nSPS) is 18.9. The number of halogens is 1. The predicted octanol–water partition coefficient (Wildman–Crippen LogP) is 2.13. The number of likely N-dealkylation sites (tertiary alicyclic amines) is 1. The van der Waals surface area contributed by atoms with Crippen molar-refractivity contribution in [2.24, 2.45) is 4.99 Å². The third kappa shape index (κ3) is 7.88. The number of hydrogen-bond donors (Lipinski definition) is 3.